The van der Waals surface area contributed by atoms with Crippen molar-refractivity contribution in [2.45, 2.75) is 19.9 Å². The van der Waals surface area contributed by atoms with Gasteiger partial charge in [-0.15, -0.1) is 0 Å². The molecular formula is C19H19N5O3. The molecule has 2 aromatic carbocycles. The molecule has 0 aromatic heterocycles. The van der Waals surface area contributed by atoms with Crippen LogP contribution in [0.2, 0.25) is 0 Å². The van der Waals surface area contributed by atoms with E-state index in [1.807, 2.05) is 6.07 Å². The SMILES string of the molecule is CC(=O)Nc1ccc(NC(=O)C2=NC(C)C(=O)N(c3ccccc3)N2)cc1. The molecule has 3 N–H and O–H groups in total. The molecule has 1 heterocycles. The Hall–Kier alpha value is -3.68. The molecular weight excluding hydrogens is 346 g/mol. The number of aliphatic imine (C=N–C) groups is 1. The lowest BCUT2D eigenvalue weighted by atomic mass is 10.2. The summed E-state index contributed by atoms with van der Waals surface area (Å²) in [5.41, 5.74) is 4.56. The van der Waals surface area contributed by atoms with E-state index in [4.69, 9.17) is 0 Å². The molecule has 1 atom stereocenters. The highest BCUT2D eigenvalue weighted by Gasteiger charge is 2.30. The van der Waals surface area contributed by atoms with Gasteiger partial charge in [0.1, 0.15) is 6.04 Å². The third-order valence-electron chi connectivity index (χ3n) is 3.81. The van der Waals surface area contributed by atoms with Crippen molar-refractivity contribution in [3.8, 4) is 0 Å². The van der Waals surface area contributed by atoms with Crippen LogP contribution in [0.25, 0.3) is 0 Å². The van der Waals surface area contributed by atoms with E-state index in [1.54, 1.807) is 55.5 Å². The molecule has 1 aliphatic rings. The van der Waals surface area contributed by atoms with Gasteiger partial charge in [-0.2, -0.15) is 0 Å². The minimum atomic E-state index is -0.686. The standard InChI is InChI=1S/C19H19N5O3/c1-12-19(27)24(16-6-4-3-5-7-16)23-17(20-12)18(26)22-15-10-8-14(9-11-15)21-13(2)25/h3-12H,1-2H3,(H,20,23)(H,21,25)(H,22,26). The van der Waals surface area contributed by atoms with Crippen molar-refractivity contribution < 1.29 is 14.4 Å². The van der Waals surface area contributed by atoms with Gasteiger partial charge in [-0.05, 0) is 43.3 Å². The molecule has 8 heteroatoms. The van der Waals surface area contributed by atoms with Gasteiger partial charge in [0.15, 0.2) is 0 Å². The Labute approximate surface area is 156 Å². The average molecular weight is 365 g/mol. The third kappa shape index (κ3) is 4.30. The van der Waals surface area contributed by atoms with Crippen LogP contribution in [-0.4, -0.2) is 29.6 Å². The van der Waals surface area contributed by atoms with Crippen molar-refractivity contribution in [3.63, 3.8) is 0 Å². The number of nitrogens with one attached hydrogen (secondary N) is 3. The van der Waals surface area contributed by atoms with E-state index in [2.05, 4.69) is 21.1 Å². The number of anilines is 3. The van der Waals surface area contributed by atoms with Crippen molar-refractivity contribution in [3.05, 3.63) is 54.6 Å². The summed E-state index contributed by atoms with van der Waals surface area (Å²) in [7, 11) is 0. The predicted molar refractivity (Wildman–Crippen MR) is 103 cm³/mol. The van der Waals surface area contributed by atoms with Gasteiger partial charge < -0.3 is 10.6 Å². The molecule has 0 radical (unpaired) electrons. The zero-order chi connectivity index (χ0) is 19.4. The lowest BCUT2D eigenvalue weighted by molar-refractivity contribution is -0.120. The molecule has 8 nitrogen and oxygen atoms in total. The second-order valence-corrected chi connectivity index (χ2v) is 5.99. The first kappa shape index (κ1) is 18.1. The van der Waals surface area contributed by atoms with Crippen molar-refractivity contribution in [1.29, 1.82) is 0 Å². The summed E-state index contributed by atoms with van der Waals surface area (Å²) in [5, 5.41) is 6.68. The van der Waals surface area contributed by atoms with Crippen LogP contribution in [0.5, 0.6) is 0 Å². The first-order valence-electron chi connectivity index (χ1n) is 8.36. The van der Waals surface area contributed by atoms with E-state index >= 15 is 0 Å². The molecule has 1 aliphatic heterocycles. The molecule has 0 saturated carbocycles. The molecule has 0 aliphatic carbocycles. The maximum absolute atomic E-state index is 12.5. The summed E-state index contributed by atoms with van der Waals surface area (Å²) in [6, 6.07) is 15.0. The number of hydrazine groups is 1. The normalized spacial score (nSPS) is 16.2. The van der Waals surface area contributed by atoms with Gasteiger partial charge in [0.25, 0.3) is 11.8 Å². The van der Waals surface area contributed by atoms with Crippen LogP contribution in [0, 0.1) is 0 Å². The molecule has 1 unspecified atom stereocenters. The summed E-state index contributed by atoms with van der Waals surface area (Å²) in [6.07, 6.45) is 0. The van der Waals surface area contributed by atoms with Crippen molar-refractivity contribution in [1.82, 2.24) is 5.43 Å². The number of nitrogens with zero attached hydrogens (tertiary/aromatic N) is 2. The second kappa shape index (κ2) is 7.69. The van der Waals surface area contributed by atoms with E-state index in [-0.39, 0.29) is 17.6 Å². The summed E-state index contributed by atoms with van der Waals surface area (Å²) in [5.74, 6) is -0.857. The lowest BCUT2D eigenvalue weighted by Gasteiger charge is -2.30. The largest absolute Gasteiger partial charge is 0.326 e. The van der Waals surface area contributed by atoms with Crippen molar-refractivity contribution in [2.24, 2.45) is 4.99 Å². The topological polar surface area (TPSA) is 103 Å². The van der Waals surface area contributed by atoms with Gasteiger partial charge in [-0.3, -0.25) is 19.8 Å². The summed E-state index contributed by atoms with van der Waals surface area (Å²) >= 11 is 0. The van der Waals surface area contributed by atoms with Crippen LogP contribution in [-0.2, 0) is 14.4 Å². The molecule has 138 valence electrons. The van der Waals surface area contributed by atoms with Crippen LogP contribution in [0.15, 0.2) is 59.6 Å². The van der Waals surface area contributed by atoms with Crippen molar-refractivity contribution in [2.75, 3.05) is 15.6 Å². The van der Waals surface area contributed by atoms with Gasteiger partial charge >= 0.3 is 0 Å². The highest BCUT2D eigenvalue weighted by Crippen LogP contribution is 2.17. The van der Waals surface area contributed by atoms with E-state index in [0.29, 0.717) is 17.1 Å². The minimum absolute atomic E-state index is 0.0388. The van der Waals surface area contributed by atoms with E-state index in [1.165, 1.54) is 11.9 Å². The molecule has 0 spiro atoms. The number of hydrogen-bond donors (Lipinski definition) is 3. The highest BCUT2D eigenvalue weighted by molar-refractivity contribution is 6.43. The molecule has 3 rings (SSSR count). The molecule has 0 bridgehead atoms. The van der Waals surface area contributed by atoms with E-state index in [0.717, 1.165) is 0 Å². The van der Waals surface area contributed by atoms with Gasteiger partial charge in [-0.25, -0.2) is 10.0 Å². The molecule has 0 fully saturated rings. The lowest BCUT2D eigenvalue weighted by Crippen LogP contribution is -2.57. The Morgan fingerprint density at radius 2 is 1.59 bits per heavy atom. The number of para-hydroxylation sites is 1. The molecule has 3 amide bonds. The number of carbonyl (C=O) groups excluding carboxylic acids is 3. The number of amidine groups is 1. The quantitative estimate of drug-likeness (QED) is 0.770. The fourth-order valence-electron chi connectivity index (χ4n) is 2.53. The maximum Gasteiger partial charge on any atom is 0.292 e. The second-order valence-electron chi connectivity index (χ2n) is 5.99. The molecule has 2 aromatic rings. The van der Waals surface area contributed by atoms with Crippen LogP contribution in [0.1, 0.15) is 13.8 Å². The first-order valence-corrected chi connectivity index (χ1v) is 8.36. The van der Waals surface area contributed by atoms with Crippen LogP contribution in [0.4, 0.5) is 17.1 Å². The zero-order valence-corrected chi connectivity index (χ0v) is 14.9. The van der Waals surface area contributed by atoms with Crippen molar-refractivity contribution >= 4 is 40.6 Å². The van der Waals surface area contributed by atoms with E-state index < -0.39 is 11.9 Å². The van der Waals surface area contributed by atoms with Gasteiger partial charge in [0.05, 0.1) is 5.69 Å². The number of carbonyl (C=O) groups is 3. The maximum atomic E-state index is 12.5. The summed E-state index contributed by atoms with van der Waals surface area (Å²) < 4.78 is 0. The first-order chi connectivity index (χ1) is 12.9. The van der Waals surface area contributed by atoms with Crippen LogP contribution < -0.4 is 21.1 Å². The Bertz CT molecular complexity index is 893. The monoisotopic (exact) mass is 365 g/mol. The third-order valence-corrected chi connectivity index (χ3v) is 3.81. The zero-order valence-electron chi connectivity index (χ0n) is 14.9. The van der Waals surface area contributed by atoms with Crippen LogP contribution in [0.3, 0.4) is 0 Å². The van der Waals surface area contributed by atoms with Crippen LogP contribution >= 0.6 is 0 Å². The van der Waals surface area contributed by atoms with E-state index in [9.17, 15) is 14.4 Å². The Kier molecular flexibility index (Phi) is 5.16. The van der Waals surface area contributed by atoms with Gasteiger partial charge in [0.2, 0.25) is 11.7 Å². The molecule has 0 saturated heterocycles. The number of hydrogen-bond acceptors (Lipinski definition) is 5. The Morgan fingerprint density at radius 3 is 2.19 bits per heavy atom. The fraction of sp³-hybridized carbons (Fsp3) is 0.158. The number of benzene rings is 2. The summed E-state index contributed by atoms with van der Waals surface area (Å²) in [6.45, 7) is 3.05. The fourth-order valence-corrected chi connectivity index (χ4v) is 2.53. The minimum Gasteiger partial charge on any atom is -0.326 e. The number of rotatable bonds is 4. The summed E-state index contributed by atoms with van der Waals surface area (Å²) in [4.78, 5) is 40.1. The average Bonchev–Trinajstić information content (AvgIpc) is 2.65. The smallest absolute Gasteiger partial charge is 0.292 e. The molecule has 27 heavy (non-hydrogen) atoms. The highest BCUT2D eigenvalue weighted by atomic mass is 16.2. The van der Waals surface area contributed by atoms with Gasteiger partial charge in [-0.1, -0.05) is 18.2 Å². The predicted octanol–water partition coefficient (Wildman–Crippen LogP) is 1.92. The Balaban J connectivity index is 1.73. The number of amides is 3. The Morgan fingerprint density at radius 1 is 1.00 bits per heavy atom. The van der Waals surface area contributed by atoms with Gasteiger partial charge in [0, 0.05) is 18.3 Å².